The molecular weight excluding hydrogens is 196 g/mol. The zero-order valence-corrected chi connectivity index (χ0v) is 9.21. The molecule has 0 aliphatic carbocycles. The molecule has 0 aliphatic rings. The van der Waals surface area contributed by atoms with E-state index in [1.807, 2.05) is 0 Å². The molecule has 0 saturated carbocycles. The molecule has 0 fully saturated rings. The van der Waals surface area contributed by atoms with Crippen molar-refractivity contribution in [1.82, 2.24) is 10.6 Å². The highest BCUT2D eigenvalue weighted by molar-refractivity contribution is 5.75. The van der Waals surface area contributed by atoms with Gasteiger partial charge in [-0.1, -0.05) is 6.42 Å². The molecule has 0 unspecified atom stereocenters. The van der Waals surface area contributed by atoms with Gasteiger partial charge in [-0.3, -0.25) is 9.59 Å². The molecular formula is C10H20N2O3. The first-order valence-corrected chi connectivity index (χ1v) is 5.30. The second-order valence-electron chi connectivity index (χ2n) is 3.41. The van der Waals surface area contributed by atoms with Crippen molar-refractivity contribution in [1.29, 1.82) is 0 Å². The summed E-state index contributed by atoms with van der Waals surface area (Å²) in [5, 5.41) is 14.1. The van der Waals surface area contributed by atoms with Gasteiger partial charge in [-0.15, -0.1) is 0 Å². The van der Waals surface area contributed by atoms with Crippen LogP contribution in [0.2, 0.25) is 0 Å². The van der Waals surface area contributed by atoms with Crippen molar-refractivity contribution in [2.24, 2.45) is 0 Å². The Morgan fingerprint density at radius 3 is 2.40 bits per heavy atom. The number of carboxylic acids is 1. The maximum absolute atomic E-state index is 11.1. The summed E-state index contributed by atoms with van der Waals surface area (Å²) in [5.74, 6) is -0.712. The second-order valence-corrected chi connectivity index (χ2v) is 3.41. The summed E-state index contributed by atoms with van der Waals surface area (Å²) < 4.78 is 0. The van der Waals surface area contributed by atoms with E-state index >= 15 is 0 Å². The van der Waals surface area contributed by atoms with E-state index in [0.29, 0.717) is 25.9 Å². The average molecular weight is 216 g/mol. The molecule has 0 spiro atoms. The summed E-state index contributed by atoms with van der Waals surface area (Å²) in [5.41, 5.74) is 0. The highest BCUT2D eigenvalue weighted by Gasteiger charge is 1.99. The number of carbonyl (C=O) groups excluding carboxylic acids is 1. The molecule has 0 atom stereocenters. The predicted octanol–water partition coefficient (Wildman–Crippen LogP) is 0.357. The van der Waals surface area contributed by atoms with Gasteiger partial charge in [0.15, 0.2) is 0 Å². The molecule has 0 radical (unpaired) electrons. The summed E-state index contributed by atoms with van der Waals surface area (Å²) in [4.78, 5) is 21.3. The minimum Gasteiger partial charge on any atom is -0.481 e. The van der Waals surface area contributed by atoms with E-state index in [1.54, 1.807) is 7.05 Å². The first-order valence-electron chi connectivity index (χ1n) is 5.30. The zero-order chi connectivity index (χ0) is 11.5. The average Bonchev–Trinajstić information content (AvgIpc) is 2.19. The number of nitrogens with one attached hydrogen (secondary N) is 2. The highest BCUT2D eigenvalue weighted by Crippen LogP contribution is 1.98. The van der Waals surface area contributed by atoms with Gasteiger partial charge in [0.2, 0.25) is 5.91 Å². The molecule has 5 heteroatoms. The molecule has 3 N–H and O–H groups in total. The van der Waals surface area contributed by atoms with Crippen LogP contribution in [0.25, 0.3) is 0 Å². The van der Waals surface area contributed by atoms with Crippen LogP contribution in [0.1, 0.15) is 32.1 Å². The Hall–Kier alpha value is -1.10. The van der Waals surface area contributed by atoms with E-state index < -0.39 is 5.97 Å². The van der Waals surface area contributed by atoms with Crippen LogP contribution in [0, 0.1) is 0 Å². The van der Waals surface area contributed by atoms with Gasteiger partial charge in [0.1, 0.15) is 0 Å². The third-order valence-corrected chi connectivity index (χ3v) is 1.99. The Morgan fingerprint density at radius 2 is 1.80 bits per heavy atom. The Balaban J connectivity index is 3.16. The number of hydrogen-bond donors (Lipinski definition) is 3. The SMILES string of the molecule is CNCCC(=O)NCCCCCC(=O)O. The molecule has 1 amide bonds. The van der Waals surface area contributed by atoms with Crippen molar-refractivity contribution in [3.63, 3.8) is 0 Å². The Kier molecular flexibility index (Phi) is 8.76. The standard InChI is InChI=1S/C10H20N2O3/c1-11-8-6-9(13)12-7-4-2-3-5-10(14)15/h11H,2-8H2,1H3,(H,12,13)(H,14,15). The van der Waals surface area contributed by atoms with Crippen LogP contribution in [-0.2, 0) is 9.59 Å². The van der Waals surface area contributed by atoms with Crippen LogP contribution >= 0.6 is 0 Å². The largest absolute Gasteiger partial charge is 0.481 e. The third kappa shape index (κ3) is 10.8. The monoisotopic (exact) mass is 216 g/mol. The van der Waals surface area contributed by atoms with Crippen molar-refractivity contribution in [2.75, 3.05) is 20.1 Å². The number of aliphatic carboxylic acids is 1. The Labute approximate surface area is 90.2 Å². The minimum atomic E-state index is -0.756. The molecule has 5 nitrogen and oxygen atoms in total. The molecule has 0 aromatic rings. The molecule has 0 saturated heterocycles. The summed E-state index contributed by atoms with van der Waals surface area (Å²) in [6.45, 7) is 1.33. The lowest BCUT2D eigenvalue weighted by molar-refractivity contribution is -0.137. The molecule has 88 valence electrons. The Bertz CT molecular complexity index is 195. The van der Waals surface area contributed by atoms with Gasteiger partial charge in [0.25, 0.3) is 0 Å². The zero-order valence-electron chi connectivity index (χ0n) is 9.21. The number of rotatable bonds is 9. The maximum atomic E-state index is 11.1. The lowest BCUT2D eigenvalue weighted by Gasteiger charge is -2.04. The van der Waals surface area contributed by atoms with Gasteiger partial charge in [0.05, 0.1) is 0 Å². The number of amides is 1. The van der Waals surface area contributed by atoms with Gasteiger partial charge < -0.3 is 15.7 Å². The van der Waals surface area contributed by atoms with E-state index in [2.05, 4.69) is 10.6 Å². The van der Waals surface area contributed by atoms with E-state index in [9.17, 15) is 9.59 Å². The van der Waals surface area contributed by atoms with Gasteiger partial charge >= 0.3 is 5.97 Å². The Morgan fingerprint density at radius 1 is 1.07 bits per heavy atom. The first kappa shape index (κ1) is 13.9. The lowest BCUT2D eigenvalue weighted by atomic mass is 10.2. The van der Waals surface area contributed by atoms with E-state index in [4.69, 9.17) is 5.11 Å². The quantitative estimate of drug-likeness (QED) is 0.486. The van der Waals surface area contributed by atoms with E-state index in [0.717, 1.165) is 12.8 Å². The number of carbonyl (C=O) groups is 2. The van der Waals surface area contributed by atoms with Crippen LogP contribution in [0.4, 0.5) is 0 Å². The topological polar surface area (TPSA) is 78.4 Å². The minimum absolute atomic E-state index is 0.0441. The molecule has 0 bridgehead atoms. The summed E-state index contributed by atoms with van der Waals surface area (Å²) in [7, 11) is 1.80. The lowest BCUT2D eigenvalue weighted by Crippen LogP contribution is -2.27. The van der Waals surface area contributed by atoms with Crippen LogP contribution in [-0.4, -0.2) is 37.1 Å². The van der Waals surface area contributed by atoms with Gasteiger partial charge in [-0.2, -0.15) is 0 Å². The summed E-state index contributed by atoms with van der Waals surface area (Å²) >= 11 is 0. The van der Waals surface area contributed by atoms with Crippen molar-refractivity contribution >= 4 is 11.9 Å². The highest BCUT2D eigenvalue weighted by atomic mass is 16.4. The molecule has 15 heavy (non-hydrogen) atoms. The predicted molar refractivity (Wildman–Crippen MR) is 57.7 cm³/mol. The smallest absolute Gasteiger partial charge is 0.303 e. The van der Waals surface area contributed by atoms with Crippen LogP contribution in [0.5, 0.6) is 0 Å². The molecule has 0 rings (SSSR count). The third-order valence-electron chi connectivity index (χ3n) is 1.99. The van der Waals surface area contributed by atoms with Crippen LogP contribution in [0.15, 0.2) is 0 Å². The van der Waals surface area contributed by atoms with Gasteiger partial charge in [-0.25, -0.2) is 0 Å². The van der Waals surface area contributed by atoms with Crippen molar-refractivity contribution < 1.29 is 14.7 Å². The first-order chi connectivity index (χ1) is 7.16. The molecule has 0 aromatic carbocycles. The summed E-state index contributed by atoms with van der Waals surface area (Å²) in [6, 6.07) is 0. The number of unbranched alkanes of at least 4 members (excludes halogenated alkanes) is 2. The maximum Gasteiger partial charge on any atom is 0.303 e. The number of carboxylic acid groups (broad SMARTS) is 1. The second kappa shape index (κ2) is 9.45. The molecule has 0 heterocycles. The van der Waals surface area contributed by atoms with Gasteiger partial charge in [-0.05, 0) is 19.9 Å². The summed E-state index contributed by atoms with van der Waals surface area (Å²) in [6.07, 6.45) is 3.08. The fraction of sp³-hybridized carbons (Fsp3) is 0.800. The van der Waals surface area contributed by atoms with E-state index in [1.165, 1.54) is 0 Å². The number of hydrogen-bond acceptors (Lipinski definition) is 3. The molecule has 0 aromatic heterocycles. The van der Waals surface area contributed by atoms with Crippen molar-refractivity contribution in [3.05, 3.63) is 0 Å². The van der Waals surface area contributed by atoms with Crippen molar-refractivity contribution in [3.8, 4) is 0 Å². The fourth-order valence-electron chi connectivity index (χ4n) is 1.13. The van der Waals surface area contributed by atoms with Crippen molar-refractivity contribution in [2.45, 2.75) is 32.1 Å². The normalized spacial score (nSPS) is 9.93. The van der Waals surface area contributed by atoms with E-state index in [-0.39, 0.29) is 12.3 Å². The molecule has 0 aliphatic heterocycles. The van der Waals surface area contributed by atoms with Crippen LogP contribution in [0.3, 0.4) is 0 Å². The van der Waals surface area contributed by atoms with Gasteiger partial charge in [0, 0.05) is 25.9 Å². The fourth-order valence-corrected chi connectivity index (χ4v) is 1.13. The van der Waals surface area contributed by atoms with Crippen LogP contribution < -0.4 is 10.6 Å².